The molecule has 0 radical (unpaired) electrons. The second-order valence-corrected chi connectivity index (χ2v) is 3.67. The van der Waals surface area contributed by atoms with Gasteiger partial charge >= 0.3 is 0 Å². The fourth-order valence-electron chi connectivity index (χ4n) is 2.28. The van der Waals surface area contributed by atoms with E-state index in [9.17, 15) is 4.79 Å². The van der Waals surface area contributed by atoms with Crippen molar-refractivity contribution in [1.29, 1.82) is 0 Å². The first-order valence-corrected chi connectivity index (χ1v) is 4.45. The lowest BCUT2D eigenvalue weighted by Crippen LogP contribution is -2.32. The molecule has 0 atom stereocenters. The van der Waals surface area contributed by atoms with Crippen LogP contribution in [0.25, 0.3) is 0 Å². The van der Waals surface area contributed by atoms with E-state index >= 15 is 0 Å². The van der Waals surface area contributed by atoms with E-state index in [1.807, 2.05) is 0 Å². The van der Waals surface area contributed by atoms with Crippen LogP contribution in [0.5, 0.6) is 0 Å². The molecule has 2 rings (SSSR count). The third kappa shape index (κ3) is 1.09. The highest BCUT2D eigenvalue weighted by atomic mass is 16.5. The molecule has 0 aromatic heterocycles. The van der Waals surface area contributed by atoms with Gasteiger partial charge < -0.3 is 4.74 Å². The van der Waals surface area contributed by atoms with E-state index in [2.05, 4.69) is 0 Å². The molecule has 1 saturated carbocycles. The summed E-state index contributed by atoms with van der Waals surface area (Å²) in [5.41, 5.74) is 0.0677. The van der Waals surface area contributed by atoms with Gasteiger partial charge in [0.1, 0.15) is 5.78 Å². The molecule has 0 N–H and O–H groups in total. The van der Waals surface area contributed by atoms with Gasteiger partial charge in [0.15, 0.2) is 0 Å². The van der Waals surface area contributed by atoms with Gasteiger partial charge in [0.25, 0.3) is 0 Å². The molecule has 11 heavy (non-hydrogen) atoms. The normalized spacial score (nSPS) is 29.6. The molecule has 0 aromatic carbocycles. The zero-order chi connectivity index (χ0) is 7.73. The lowest BCUT2D eigenvalue weighted by molar-refractivity contribution is -0.130. The molecule has 2 fully saturated rings. The van der Waals surface area contributed by atoms with Crippen molar-refractivity contribution >= 4 is 5.78 Å². The van der Waals surface area contributed by atoms with Crippen LogP contribution < -0.4 is 0 Å². The summed E-state index contributed by atoms with van der Waals surface area (Å²) >= 11 is 0. The highest BCUT2D eigenvalue weighted by Gasteiger charge is 2.42. The Bertz CT molecular complexity index is 168. The van der Waals surface area contributed by atoms with Gasteiger partial charge in [-0.1, -0.05) is 0 Å². The Labute approximate surface area is 66.9 Å². The maximum atomic E-state index is 11.5. The molecule has 1 aliphatic heterocycles. The monoisotopic (exact) mass is 154 g/mol. The van der Waals surface area contributed by atoms with Crippen molar-refractivity contribution in [3.63, 3.8) is 0 Å². The zero-order valence-electron chi connectivity index (χ0n) is 6.77. The smallest absolute Gasteiger partial charge is 0.139 e. The number of hydrogen-bond donors (Lipinski definition) is 0. The van der Waals surface area contributed by atoms with E-state index in [1.165, 1.54) is 0 Å². The standard InChI is InChI=1S/C9H14O2/c10-8-2-1-3-9(8)4-6-11-7-5-9/h1-7H2. The fourth-order valence-corrected chi connectivity index (χ4v) is 2.28. The predicted molar refractivity (Wildman–Crippen MR) is 41.3 cm³/mol. The minimum atomic E-state index is 0.0677. The first-order chi connectivity index (χ1) is 5.33. The van der Waals surface area contributed by atoms with E-state index in [-0.39, 0.29) is 5.41 Å². The van der Waals surface area contributed by atoms with Crippen molar-refractivity contribution in [2.75, 3.05) is 13.2 Å². The Kier molecular flexibility index (Phi) is 1.72. The van der Waals surface area contributed by atoms with Crippen molar-refractivity contribution in [2.45, 2.75) is 32.1 Å². The molecular formula is C9H14O2. The van der Waals surface area contributed by atoms with Gasteiger partial charge in [0.05, 0.1) is 0 Å². The summed E-state index contributed by atoms with van der Waals surface area (Å²) in [6.45, 7) is 1.59. The average molecular weight is 154 g/mol. The topological polar surface area (TPSA) is 26.3 Å². The number of ether oxygens (including phenoxy) is 1. The molecule has 1 saturated heterocycles. The third-order valence-corrected chi connectivity index (χ3v) is 3.10. The third-order valence-electron chi connectivity index (χ3n) is 3.10. The Balaban J connectivity index is 2.12. The van der Waals surface area contributed by atoms with Gasteiger partial charge in [-0.15, -0.1) is 0 Å². The van der Waals surface area contributed by atoms with Crippen LogP contribution in [0.4, 0.5) is 0 Å². The fraction of sp³-hybridized carbons (Fsp3) is 0.889. The SMILES string of the molecule is O=C1CCCC12CCOCC2. The van der Waals surface area contributed by atoms with Gasteiger partial charge in [-0.2, -0.15) is 0 Å². The molecule has 62 valence electrons. The molecular weight excluding hydrogens is 140 g/mol. The van der Waals surface area contributed by atoms with Crippen LogP contribution in [0.1, 0.15) is 32.1 Å². The van der Waals surface area contributed by atoms with Crippen LogP contribution >= 0.6 is 0 Å². The molecule has 1 aliphatic carbocycles. The van der Waals surface area contributed by atoms with Crippen LogP contribution in [-0.2, 0) is 9.53 Å². The average Bonchev–Trinajstić information content (AvgIpc) is 2.36. The van der Waals surface area contributed by atoms with E-state index < -0.39 is 0 Å². The van der Waals surface area contributed by atoms with Crippen molar-refractivity contribution in [3.8, 4) is 0 Å². The Morgan fingerprint density at radius 3 is 2.45 bits per heavy atom. The van der Waals surface area contributed by atoms with Gasteiger partial charge in [-0.3, -0.25) is 4.79 Å². The number of ketones is 1. The van der Waals surface area contributed by atoms with Crippen LogP contribution in [0.3, 0.4) is 0 Å². The maximum Gasteiger partial charge on any atom is 0.139 e. The quantitative estimate of drug-likeness (QED) is 0.529. The number of Topliss-reactive ketones (excluding diaryl/α,β-unsaturated/α-hetero) is 1. The van der Waals surface area contributed by atoms with Crippen molar-refractivity contribution in [1.82, 2.24) is 0 Å². The zero-order valence-corrected chi connectivity index (χ0v) is 6.77. The first kappa shape index (κ1) is 7.29. The summed E-state index contributed by atoms with van der Waals surface area (Å²) < 4.78 is 5.25. The van der Waals surface area contributed by atoms with Crippen molar-refractivity contribution < 1.29 is 9.53 Å². The highest BCUT2D eigenvalue weighted by Crippen LogP contribution is 2.42. The maximum absolute atomic E-state index is 11.5. The summed E-state index contributed by atoms with van der Waals surface area (Å²) in [5, 5.41) is 0. The number of carbonyl (C=O) groups is 1. The lowest BCUT2D eigenvalue weighted by atomic mass is 9.78. The molecule has 0 amide bonds. The Morgan fingerprint density at radius 1 is 1.18 bits per heavy atom. The van der Waals surface area contributed by atoms with Crippen LogP contribution in [-0.4, -0.2) is 19.0 Å². The Hall–Kier alpha value is -0.370. The van der Waals surface area contributed by atoms with E-state index in [0.29, 0.717) is 5.78 Å². The highest BCUT2D eigenvalue weighted by molar-refractivity contribution is 5.86. The summed E-state index contributed by atoms with van der Waals surface area (Å²) in [5.74, 6) is 0.501. The predicted octanol–water partition coefficient (Wildman–Crippen LogP) is 1.54. The molecule has 0 bridgehead atoms. The molecule has 2 heteroatoms. The Morgan fingerprint density at radius 2 is 1.91 bits per heavy atom. The number of rotatable bonds is 0. The largest absolute Gasteiger partial charge is 0.381 e. The van der Waals surface area contributed by atoms with Gasteiger partial charge in [0, 0.05) is 25.0 Å². The minimum absolute atomic E-state index is 0.0677. The molecule has 0 unspecified atom stereocenters. The number of carbonyl (C=O) groups excluding carboxylic acids is 1. The van der Waals surface area contributed by atoms with E-state index in [1.54, 1.807) is 0 Å². The molecule has 0 aromatic rings. The van der Waals surface area contributed by atoms with Crippen LogP contribution in [0.15, 0.2) is 0 Å². The minimum Gasteiger partial charge on any atom is -0.381 e. The molecule has 1 heterocycles. The van der Waals surface area contributed by atoms with Crippen molar-refractivity contribution in [2.24, 2.45) is 5.41 Å². The second-order valence-electron chi connectivity index (χ2n) is 3.67. The molecule has 2 nitrogen and oxygen atoms in total. The van der Waals surface area contributed by atoms with Gasteiger partial charge in [-0.05, 0) is 25.7 Å². The molecule has 1 spiro atoms. The molecule has 2 aliphatic rings. The van der Waals surface area contributed by atoms with E-state index in [4.69, 9.17) is 4.74 Å². The second kappa shape index (κ2) is 2.59. The van der Waals surface area contributed by atoms with Crippen LogP contribution in [0, 0.1) is 5.41 Å². The van der Waals surface area contributed by atoms with Gasteiger partial charge in [0.2, 0.25) is 0 Å². The van der Waals surface area contributed by atoms with E-state index in [0.717, 1.165) is 45.3 Å². The van der Waals surface area contributed by atoms with Gasteiger partial charge in [-0.25, -0.2) is 0 Å². The summed E-state index contributed by atoms with van der Waals surface area (Å²) in [4.78, 5) is 11.5. The lowest BCUT2D eigenvalue weighted by Gasteiger charge is -2.31. The summed E-state index contributed by atoms with van der Waals surface area (Å²) in [7, 11) is 0. The summed E-state index contributed by atoms with van der Waals surface area (Å²) in [6.07, 6.45) is 5.01. The van der Waals surface area contributed by atoms with Crippen LogP contribution in [0.2, 0.25) is 0 Å². The first-order valence-electron chi connectivity index (χ1n) is 4.45. The summed E-state index contributed by atoms with van der Waals surface area (Å²) in [6, 6.07) is 0. The van der Waals surface area contributed by atoms with Crippen molar-refractivity contribution in [3.05, 3.63) is 0 Å². The number of hydrogen-bond acceptors (Lipinski definition) is 2.